The maximum Gasteiger partial charge on any atom is 0.153 e. The van der Waals surface area contributed by atoms with Gasteiger partial charge in [0, 0.05) is 13.1 Å². The summed E-state index contributed by atoms with van der Waals surface area (Å²) in [5.74, 6) is 0.842. The molecule has 1 fully saturated rings. The fraction of sp³-hybridized carbons (Fsp3) is 1.00. The number of nitrogens with two attached hydrogens (primary N) is 1. The van der Waals surface area contributed by atoms with Crippen molar-refractivity contribution in [2.45, 2.75) is 25.5 Å². The molecule has 0 aromatic rings. The minimum atomic E-state index is -2.88. The highest BCUT2D eigenvalue weighted by atomic mass is 32.2. The molecule has 1 unspecified atom stereocenters. The summed E-state index contributed by atoms with van der Waals surface area (Å²) in [4.78, 5) is 2.21. The van der Waals surface area contributed by atoms with Crippen LogP contribution in [0.4, 0.5) is 0 Å². The molecule has 0 aromatic heterocycles. The molecular weight excluding hydrogens is 212 g/mol. The molecule has 2 N–H and O–H groups in total. The van der Waals surface area contributed by atoms with E-state index in [0.29, 0.717) is 19.0 Å². The van der Waals surface area contributed by atoms with Gasteiger partial charge in [0.1, 0.15) is 0 Å². The fourth-order valence-corrected chi connectivity index (χ4v) is 2.78. The smallest absolute Gasteiger partial charge is 0.153 e. The van der Waals surface area contributed by atoms with E-state index in [1.54, 1.807) is 13.8 Å². The number of hydrogen-bond acceptors (Lipinski definition) is 4. The van der Waals surface area contributed by atoms with Gasteiger partial charge in [-0.05, 0) is 39.3 Å². The fourth-order valence-electron chi connectivity index (χ4n) is 1.80. The molecule has 90 valence electrons. The van der Waals surface area contributed by atoms with Gasteiger partial charge in [0.2, 0.25) is 0 Å². The van der Waals surface area contributed by atoms with Crippen LogP contribution in [-0.4, -0.2) is 50.5 Å². The maximum absolute atomic E-state index is 11.6. The van der Waals surface area contributed by atoms with Crippen molar-refractivity contribution in [3.8, 4) is 0 Å². The highest BCUT2D eigenvalue weighted by Crippen LogP contribution is 2.14. The van der Waals surface area contributed by atoms with Crippen LogP contribution in [0.15, 0.2) is 0 Å². The first-order valence-electron chi connectivity index (χ1n) is 5.59. The molecule has 0 saturated carbocycles. The number of rotatable bonds is 5. The Morgan fingerprint density at radius 3 is 2.60 bits per heavy atom. The molecule has 1 atom stereocenters. The molecule has 0 amide bonds. The maximum atomic E-state index is 11.6. The molecule has 1 saturated heterocycles. The van der Waals surface area contributed by atoms with E-state index >= 15 is 0 Å². The van der Waals surface area contributed by atoms with Gasteiger partial charge in [-0.15, -0.1) is 0 Å². The van der Waals surface area contributed by atoms with Crippen LogP contribution in [-0.2, 0) is 9.84 Å². The van der Waals surface area contributed by atoms with Crippen molar-refractivity contribution in [1.29, 1.82) is 0 Å². The van der Waals surface area contributed by atoms with E-state index < -0.39 is 9.84 Å². The third-order valence-electron chi connectivity index (χ3n) is 3.11. The highest BCUT2D eigenvalue weighted by molar-refractivity contribution is 7.92. The molecule has 1 rings (SSSR count). The molecule has 0 bridgehead atoms. The first-order chi connectivity index (χ1) is 6.95. The van der Waals surface area contributed by atoms with Gasteiger partial charge in [0.25, 0.3) is 0 Å². The first kappa shape index (κ1) is 12.9. The van der Waals surface area contributed by atoms with Crippen molar-refractivity contribution in [2.24, 2.45) is 11.7 Å². The SMILES string of the molecule is CC(C)S(=O)(=O)CCN1CCC(CN)C1. The van der Waals surface area contributed by atoms with E-state index in [2.05, 4.69) is 4.90 Å². The molecule has 1 aliphatic rings. The summed E-state index contributed by atoms with van der Waals surface area (Å²) in [6, 6.07) is 0. The second-order valence-corrected chi connectivity index (χ2v) is 7.28. The summed E-state index contributed by atoms with van der Waals surface area (Å²) in [5, 5.41) is -0.259. The molecule has 1 heterocycles. The Balaban J connectivity index is 2.33. The molecule has 0 spiro atoms. The monoisotopic (exact) mass is 234 g/mol. The summed E-state index contributed by atoms with van der Waals surface area (Å²) in [5.41, 5.74) is 5.58. The van der Waals surface area contributed by atoms with Gasteiger partial charge in [0.05, 0.1) is 11.0 Å². The Hall–Kier alpha value is -0.130. The predicted octanol–water partition coefficient (Wildman–Crippen LogP) is 0.0902. The Kier molecular flexibility index (Phi) is 4.55. The van der Waals surface area contributed by atoms with Gasteiger partial charge < -0.3 is 10.6 Å². The van der Waals surface area contributed by atoms with Crippen LogP contribution >= 0.6 is 0 Å². The van der Waals surface area contributed by atoms with E-state index in [4.69, 9.17) is 5.73 Å². The summed E-state index contributed by atoms with van der Waals surface area (Å²) < 4.78 is 23.2. The van der Waals surface area contributed by atoms with Crippen LogP contribution in [0, 0.1) is 5.92 Å². The van der Waals surface area contributed by atoms with Crippen molar-refractivity contribution in [1.82, 2.24) is 4.90 Å². The zero-order chi connectivity index (χ0) is 11.5. The van der Waals surface area contributed by atoms with E-state index in [9.17, 15) is 8.42 Å². The van der Waals surface area contributed by atoms with Crippen LogP contribution in [0.5, 0.6) is 0 Å². The lowest BCUT2D eigenvalue weighted by molar-refractivity contribution is 0.344. The molecular formula is C10H22N2O2S. The second-order valence-electron chi connectivity index (χ2n) is 4.61. The predicted molar refractivity (Wildman–Crippen MR) is 62.5 cm³/mol. The van der Waals surface area contributed by atoms with E-state index in [-0.39, 0.29) is 11.0 Å². The first-order valence-corrected chi connectivity index (χ1v) is 7.31. The quantitative estimate of drug-likeness (QED) is 0.732. The zero-order valence-corrected chi connectivity index (χ0v) is 10.5. The molecule has 0 radical (unpaired) electrons. The largest absolute Gasteiger partial charge is 0.330 e. The third-order valence-corrected chi connectivity index (χ3v) is 5.30. The lowest BCUT2D eigenvalue weighted by atomic mass is 10.1. The Morgan fingerprint density at radius 2 is 2.13 bits per heavy atom. The van der Waals surface area contributed by atoms with Crippen LogP contribution in [0.25, 0.3) is 0 Å². The van der Waals surface area contributed by atoms with Gasteiger partial charge in [-0.1, -0.05) is 0 Å². The van der Waals surface area contributed by atoms with Gasteiger partial charge in [-0.25, -0.2) is 8.42 Å². The number of likely N-dealkylation sites (tertiary alicyclic amines) is 1. The molecule has 5 heteroatoms. The molecule has 15 heavy (non-hydrogen) atoms. The van der Waals surface area contributed by atoms with Crippen molar-refractivity contribution in [3.63, 3.8) is 0 Å². The number of sulfone groups is 1. The lowest BCUT2D eigenvalue weighted by Gasteiger charge is -2.16. The third kappa shape index (κ3) is 3.74. The molecule has 0 aliphatic carbocycles. The van der Waals surface area contributed by atoms with E-state index in [1.165, 1.54) is 0 Å². The zero-order valence-electron chi connectivity index (χ0n) is 9.65. The van der Waals surface area contributed by atoms with Crippen molar-refractivity contribution in [3.05, 3.63) is 0 Å². The second kappa shape index (κ2) is 5.27. The minimum absolute atomic E-state index is 0.259. The molecule has 4 nitrogen and oxygen atoms in total. The van der Waals surface area contributed by atoms with Crippen LogP contribution in [0.3, 0.4) is 0 Å². The van der Waals surface area contributed by atoms with Crippen LogP contribution in [0.2, 0.25) is 0 Å². The topological polar surface area (TPSA) is 63.4 Å². The van der Waals surface area contributed by atoms with Crippen LogP contribution < -0.4 is 5.73 Å². The van der Waals surface area contributed by atoms with Crippen molar-refractivity contribution < 1.29 is 8.42 Å². The summed E-state index contributed by atoms with van der Waals surface area (Å²) in [6.45, 7) is 6.81. The molecule has 1 aliphatic heterocycles. The normalized spacial score (nSPS) is 23.9. The Labute approximate surface area is 92.7 Å². The molecule has 0 aromatic carbocycles. The minimum Gasteiger partial charge on any atom is -0.330 e. The number of hydrogen-bond donors (Lipinski definition) is 1. The average Bonchev–Trinajstić information content (AvgIpc) is 2.62. The average molecular weight is 234 g/mol. The van der Waals surface area contributed by atoms with Gasteiger partial charge in [0.15, 0.2) is 9.84 Å². The summed E-state index contributed by atoms with van der Waals surface area (Å²) in [6.07, 6.45) is 1.11. The van der Waals surface area contributed by atoms with Crippen LogP contribution in [0.1, 0.15) is 20.3 Å². The van der Waals surface area contributed by atoms with Crippen molar-refractivity contribution in [2.75, 3.05) is 31.9 Å². The standard InChI is InChI=1S/C10H22N2O2S/c1-9(2)15(13,14)6-5-12-4-3-10(7-11)8-12/h9-10H,3-8,11H2,1-2H3. The van der Waals surface area contributed by atoms with E-state index in [0.717, 1.165) is 19.5 Å². The van der Waals surface area contributed by atoms with Gasteiger partial charge in [-0.2, -0.15) is 0 Å². The van der Waals surface area contributed by atoms with E-state index in [1.807, 2.05) is 0 Å². The van der Waals surface area contributed by atoms with Crippen molar-refractivity contribution >= 4 is 9.84 Å². The highest BCUT2D eigenvalue weighted by Gasteiger charge is 2.23. The summed E-state index contributed by atoms with van der Waals surface area (Å²) >= 11 is 0. The number of nitrogens with zero attached hydrogens (tertiary/aromatic N) is 1. The lowest BCUT2D eigenvalue weighted by Crippen LogP contribution is -2.31. The Bertz CT molecular complexity index is 288. The van der Waals surface area contributed by atoms with Gasteiger partial charge in [-0.3, -0.25) is 0 Å². The summed E-state index contributed by atoms with van der Waals surface area (Å²) in [7, 11) is -2.88. The Morgan fingerprint density at radius 1 is 1.47 bits per heavy atom. The van der Waals surface area contributed by atoms with Gasteiger partial charge >= 0.3 is 0 Å².